The summed E-state index contributed by atoms with van der Waals surface area (Å²) in [5.74, 6) is 5.63. The third kappa shape index (κ3) is 34.0. The Bertz CT molecular complexity index is 2900. The van der Waals surface area contributed by atoms with Crippen molar-refractivity contribution < 1.29 is 57.2 Å². The molecule has 0 aromatic rings. The van der Waals surface area contributed by atoms with E-state index < -0.39 is 0 Å². The number of fused-ring (bicyclic) bond motifs is 8. The lowest BCUT2D eigenvalue weighted by Gasteiger charge is -2.54. The van der Waals surface area contributed by atoms with Crippen LogP contribution in [0.4, 0.5) is 0 Å². The Kier molecular flexibility index (Phi) is 61.0. The molecule has 0 aliphatic heterocycles. The zero-order valence-corrected chi connectivity index (χ0v) is 78.6. The van der Waals surface area contributed by atoms with Crippen LogP contribution in [-0.4, -0.2) is 70.9 Å². The largest absolute Gasteiger partial charge is 0.462 e. The Labute approximate surface area is 789 Å². The highest BCUT2D eigenvalue weighted by atomic mass is 16.6. The molecule has 13 rings (SSSR count). The van der Waals surface area contributed by atoms with Crippen LogP contribution in [0.2, 0.25) is 0 Å². The van der Waals surface area contributed by atoms with Gasteiger partial charge in [0.25, 0.3) is 0 Å². The second-order valence-corrected chi connectivity index (χ2v) is 44.8. The number of rotatable bonds is 25. The smallest absolute Gasteiger partial charge is 0.312 e. The maximum Gasteiger partial charge on any atom is 0.312 e. The van der Waals surface area contributed by atoms with Crippen molar-refractivity contribution in [1.29, 1.82) is 0 Å². The number of unbranched alkanes of at least 4 members (excludes halogenated alkanes) is 2. The molecule has 0 saturated heterocycles. The molecule has 13 saturated carbocycles. The van der Waals surface area contributed by atoms with Gasteiger partial charge < -0.3 is 28.4 Å². The first-order chi connectivity index (χ1) is 53.5. The normalized spacial score (nSPS) is 27.4. The molecule has 0 spiro atoms. The number of esters is 6. The third-order valence-electron chi connectivity index (χ3n) is 34.5. The minimum Gasteiger partial charge on any atom is -0.462 e. The summed E-state index contributed by atoms with van der Waals surface area (Å²) in [7, 11) is 0. The summed E-state index contributed by atoms with van der Waals surface area (Å²) in [6.45, 7) is 47.8. The topological polar surface area (TPSA) is 158 Å². The molecule has 12 nitrogen and oxygen atoms in total. The predicted octanol–water partition coefficient (Wildman–Crippen LogP) is 36.1. The second kappa shape index (κ2) is 57.5. The van der Waals surface area contributed by atoms with Crippen LogP contribution in [0.1, 0.15) is 569 Å². The molecule has 0 amide bonds. The van der Waals surface area contributed by atoms with Crippen LogP contribution in [0.15, 0.2) is 0 Å². The quantitative estimate of drug-likeness (QED) is 0.0485. The molecule has 126 heavy (non-hydrogen) atoms. The Balaban J connectivity index is -0.000000340. The summed E-state index contributed by atoms with van der Waals surface area (Å²) in [4.78, 5) is 74.2. The maximum absolute atomic E-state index is 13.4. The molecule has 13 aliphatic rings. The van der Waals surface area contributed by atoms with Gasteiger partial charge in [-0.25, -0.2) is 0 Å². The Morgan fingerprint density at radius 3 is 1.07 bits per heavy atom. The van der Waals surface area contributed by atoms with Gasteiger partial charge in [0.2, 0.25) is 0 Å². The average Bonchev–Trinajstić information content (AvgIpc) is 1.61. The van der Waals surface area contributed by atoms with Gasteiger partial charge in [0, 0.05) is 5.41 Å². The van der Waals surface area contributed by atoms with Crippen molar-refractivity contribution in [3.8, 4) is 0 Å². The molecular formula is C114H228O12. The molecule has 13 fully saturated rings. The highest BCUT2D eigenvalue weighted by Gasteiger charge is 2.64. The van der Waals surface area contributed by atoms with E-state index >= 15 is 0 Å². The van der Waals surface area contributed by atoms with Gasteiger partial charge in [-0.1, -0.05) is 261 Å². The predicted molar refractivity (Wildman–Crippen MR) is 548 cm³/mol. The van der Waals surface area contributed by atoms with Crippen molar-refractivity contribution in [2.24, 2.45) is 96.1 Å². The number of hydrogen-bond acceptors (Lipinski definition) is 12. The van der Waals surface area contributed by atoms with Crippen LogP contribution in [0.25, 0.3) is 0 Å². The van der Waals surface area contributed by atoms with Crippen LogP contribution in [-0.2, 0) is 57.2 Å². The van der Waals surface area contributed by atoms with E-state index in [-0.39, 0.29) is 198 Å². The van der Waals surface area contributed by atoms with Gasteiger partial charge in [0.15, 0.2) is 0 Å². The first-order valence-electron chi connectivity index (χ1n) is 48.8. The molecule has 756 valence electrons. The van der Waals surface area contributed by atoms with Crippen LogP contribution in [0.5, 0.6) is 0 Å². The monoisotopic (exact) mass is 1790 g/mol. The standard InChI is InChI=1S/C25H44O2.C19H34O2.2C16H28O2.C13H22O2.C13H24O2.12CH4/c1-4-24(2,3)23(26)27-25(20-14-8-5-9-15-20,21-16-10-6-11-17-21)22-18-12-7-13-19-22;1-5-7-8-9-18-10-13-19(14-11-18,15-12-18)21-16(20)17(3,4)6-2;1-7-14(2,3)13(17)18-12-10-11-8-9-16(12,6)15(11,4)5;1-4-16(2,3)15(17)18-14-11-7-9-12-8-5-6-10-13(12)14;1-4-13(2,3)12(14)15-11-8-9-5-6-10(11)7-9;1-5-12(2,3)11(14)15-13(4)9-7-6-8-10-13;;;;;;;;;;;;/h20-22H,4-19H2,1-3H3;5-15H2,1-4H3;11-12H,7-10H2,1-6H3;12-14H,4-11H2,1-3H3;9-11H,4-8H2,1-3H3;5-10H2,1-4H3;12*1H4. The Hall–Kier alpha value is -3.18. The number of carbonyl (C=O) groups is 6. The van der Waals surface area contributed by atoms with Crippen molar-refractivity contribution in [1.82, 2.24) is 0 Å². The van der Waals surface area contributed by atoms with E-state index in [2.05, 4.69) is 69.2 Å². The van der Waals surface area contributed by atoms with Crippen LogP contribution in [0, 0.1) is 96.1 Å². The molecule has 0 aromatic carbocycles. The average molecular weight is 1790 g/mol. The highest BCUT2D eigenvalue weighted by Crippen LogP contribution is 2.67. The van der Waals surface area contributed by atoms with Crippen LogP contribution in [0.3, 0.4) is 0 Å². The minimum atomic E-state index is -0.358. The van der Waals surface area contributed by atoms with Crippen molar-refractivity contribution in [3.63, 3.8) is 0 Å². The second-order valence-electron chi connectivity index (χ2n) is 44.8. The molecular weight excluding hydrogens is 1560 g/mol. The summed E-state index contributed by atoms with van der Waals surface area (Å²) in [5.41, 5.74) is -1.38. The number of carbonyl (C=O) groups excluding carboxylic acids is 6. The first kappa shape index (κ1) is 134. The molecule has 6 bridgehead atoms. The van der Waals surface area contributed by atoms with Crippen molar-refractivity contribution in [2.45, 2.75) is 605 Å². The van der Waals surface area contributed by atoms with Crippen molar-refractivity contribution in [3.05, 3.63) is 0 Å². The van der Waals surface area contributed by atoms with E-state index in [1.807, 2.05) is 90.0 Å². The van der Waals surface area contributed by atoms with E-state index in [9.17, 15) is 28.8 Å². The fourth-order valence-electron chi connectivity index (χ4n) is 22.2. The number of hydrogen-bond donors (Lipinski definition) is 0. The molecule has 0 aromatic heterocycles. The van der Waals surface area contributed by atoms with Crippen molar-refractivity contribution >= 4 is 35.8 Å². The SMILES string of the molecule is C.C.C.C.C.C.C.C.C.C.C.C.CCC(C)(C)C(=O)OC(C1CCCCC1)(C1CCCCC1)C1CCCCC1.CCC(C)(C)C(=O)OC1(C)CCCCC1.CCC(C)(C)C(=O)OC1CC2CCC1(C)C2(C)C.CCC(C)(C)C(=O)OC1CC2CCC1C2.CCC(C)(C)C(=O)OC1CCCC2CCCCC21.CCCCCC12CCC(OC(=O)C(C)(C)CC)(CC1)CC2. The molecule has 0 N–H and O–H groups in total. The Morgan fingerprint density at radius 2 is 0.690 bits per heavy atom. The van der Waals surface area contributed by atoms with Gasteiger partial charge in [-0.05, 0) is 366 Å². The summed E-state index contributed by atoms with van der Waals surface area (Å²) in [6, 6.07) is 0. The summed E-state index contributed by atoms with van der Waals surface area (Å²) in [5, 5.41) is 0. The molecule has 12 heteroatoms. The van der Waals surface area contributed by atoms with Gasteiger partial charge in [-0.3, -0.25) is 28.8 Å². The van der Waals surface area contributed by atoms with E-state index in [0.29, 0.717) is 40.4 Å². The fraction of sp³-hybridized carbons (Fsp3) is 0.947. The van der Waals surface area contributed by atoms with E-state index in [4.69, 9.17) is 28.4 Å². The van der Waals surface area contributed by atoms with Gasteiger partial charge in [0.05, 0.1) is 32.5 Å². The minimum absolute atomic E-state index is 0. The van der Waals surface area contributed by atoms with Crippen LogP contribution < -0.4 is 0 Å². The lowest BCUT2D eigenvalue weighted by atomic mass is 9.57. The summed E-state index contributed by atoms with van der Waals surface area (Å²) < 4.78 is 36.1. The molecule has 13 aliphatic carbocycles. The highest BCUT2D eigenvalue weighted by molar-refractivity contribution is 5.78. The summed E-state index contributed by atoms with van der Waals surface area (Å²) >= 11 is 0. The lowest BCUT2D eigenvalue weighted by molar-refractivity contribution is -0.207. The maximum atomic E-state index is 13.4. The molecule has 9 unspecified atom stereocenters. The van der Waals surface area contributed by atoms with E-state index in [0.717, 1.165) is 108 Å². The van der Waals surface area contributed by atoms with Gasteiger partial charge in [0.1, 0.15) is 35.1 Å². The van der Waals surface area contributed by atoms with E-state index in [1.54, 1.807) is 0 Å². The fourth-order valence-corrected chi connectivity index (χ4v) is 22.2. The number of ether oxygens (including phenoxy) is 6. The Morgan fingerprint density at radius 1 is 0.317 bits per heavy atom. The zero-order valence-electron chi connectivity index (χ0n) is 78.6. The zero-order chi connectivity index (χ0) is 84.4. The van der Waals surface area contributed by atoms with Crippen LogP contribution >= 0.6 is 0 Å². The first-order valence-corrected chi connectivity index (χ1v) is 48.8. The van der Waals surface area contributed by atoms with Gasteiger partial charge in [-0.15, -0.1) is 0 Å². The van der Waals surface area contributed by atoms with Gasteiger partial charge >= 0.3 is 35.8 Å². The van der Waals surface area contributed by atoms with E-state index in [1.165, 1.54) is 231 Å². The van der Waals surface area contributed by atoms with Gasteiger partial charge in [-0.2, -0.15) is 0 Å². The third-order valence-corrected chi connectivity index (χ3v) is 34.5. The molecule has 0 heterocycles. The molecule has 9 atom stereocenters. The molecule has 0 radical (unpaired) electrons. The van der Waals surface area contributed by atoms with Crippen molar-refractivity contribution in [2.75, 3.05) is 0 Å². The summed E-state index contributed by atoms with van der Waals surface area (Å²) in [6.07, 6.45) is 61.4. The lowest BCUT2D eigenvalue weighted by Crippen LogP contribution is -2.57.